The number of nitrogens with zero attached hydrogens (tertiary/aromatic N) is 6. The van der Waals surface area contributed by atoms with E-state index in [9.17, 15) is 4.79 Å². The van der Waals surface area contributed by atoms with E-state index in [4.69, 9.17) is 10.1 Å². The Morgan fingerprint density at radius 3 is 2.79 bits per heavy atom. The Kier molecular flexibility index (Phi) is 5.01. The lowest BCUT2D eigenvalue weighted by molar-refractivity contribution is -0.134. The van der Waals surface area contributed by atoms with Gasteiger partial charge >= 0.3 is 0 Å². The highest BCUT2D eigenvalue weighted by Gasteiger charge is 2.37. The van der Waals surface area contributed by atoms with E-state index in [0.29, 0.717) is 42.7 Å². The van der Waals surface area contributed by atoms with E-state index >= 15 is 0 Å². The predicted octanol–water partition coefficient (Wildman–Crippen LogP) is 0.668. The van der Waals surface area contributed by atoms with Crippen molar-refractivity contribution < 1.29 is 9.90 Å². The monoisotopic (exact) mass is 380 g/mol. The van der Waals surface area contributed by atoms with E-state index in [0.717, 1.165) is 18.4 Å². The first-order chi connectivity index (χ1) is 13.6. The number of aryl methyl sites for hydroxylation is 1. The number of anilines is 1. The van der Waals surface area contributed by atoms with Crippen molar-refractivity contribution in [2.24, 2.45) is 13.0 Å². The first-order valence-electron chi connectivity index (χ1n) is 9.58. The third-order valence-electron chi connectivity index (χ3n) is 5.18. The molecule has 8 nitrogen and oxygen atoms in total. The maximum Gasteiger partial charge on any atom is 0.226 e. The van der Waals surface area contributed by atoms with Gasteiger partial charge in [-0.3, -0.25) is 9.48 Å². The molecule has 146 valence electrons. The van der Waals surface area contributed by atoms with Crippen LogP contribution in [0.25, 0.3) is 11.3 Å². The summed E-state index contributed by atoms with van der Waals surface area (Å²) in [4.78, 5) is 25.8. The molecule has 0 spiro atoms. The van der Waals surface area contributed by atoms with Crippen LogP contribution in [0.2, 0.25) is 0 Å². The smallest absolute Gasteiger partial charge is 0.226 e. The first-order valence-corrected chi connectivity index (χ1v) is 9.58. The van der Waals surface area contributed by atoms with Crippen molar-refractivity contribution in [1.82, 2.24) is 24.6 Å². The molecule has 1 amide bonds. The van der Waals surface area contributed by atoms with E-state index in [1.807, 2.05) is 18.1 Å². The SMILES string of the molecule is C[C@@H]1CN(c2ncc(C#CCO)c(-c3cnn(C)c3)n2)CCN1C(=O)C1CC1. The molecular weight excluding hydrogens is 356 g/mol. The van der Waals surface area contributed by atoms with Crippen LogP contribution in [0.4, 0.5) is 5.95 Å². The summed E-state index contributed by atoms with van der Waals surface area (Å²) in [5.74, 6) is 6.74. The van der Waals surface area contributed by atoms with Gasteiger partial charge < -0.3 is 14.9 Å². The number of piperazine rings is 1. The fourth-order valence-electron chi connectivity index (χ4n) is 3.55. The summed E-state index contributed by atoms with van der Waals surface area (Å²) in [6, 6.07) is 0.126. The molecule has 2 aromatic heterocycles. The van der Waals surface area contributed by atoms with Crippen LogP contribution in [0.15, 0.2) is 18.6 Å². The Morgan fingerprint density at radius 2 is 2.14 bits per heavy atom. The quantitative estimate of drug-likeness (QED) is 0.788. The van der Waals surface area contributed by atoms with Gasteiger partial charge in [-0.2, -0.15) is 5.10 Å². The van der Waals surface area contributed by atoms with Crippen LogP contribution in [-0.2, 0) is 11.8 Å². The second kappa shape index (κ2) is 7.60. The van der Waals surface area contributed by atoms with Crippen molar-refractivity contribution in [3.8, 4) is 23.1 Å². The van der Waals surface area contributed by atoms with E-state index in [1.54, 1.807) is 17.1 Å². The van der Waals surface area contributed by atoms with Gasteiger partial charge in [0.2, 0.25) is 11.9 Å². The summed E-state index contributed by atoms with van der Waals surface area (Å²) in [5.41, 5.74) is 2.20. The molecule has 2 aromatic rings. The van der Waals surface area contributed by atoms with Crippen LogP contribution in [0.3, 0.4) is 0 Å². The zero-order valence-corrected chi connectivity index (χ0v) is 16.2. The van der Waals surface area contributed by atoms with Gasteiger partial charge in [0.15, 0.2) is 0 Å². The summed E-state index contributed by atoms with van der Waals surface area (Å²) >= 11 is 0. The van der Waals surface area contributed by atoms with Crippen LogP contribution in [-0.4, -0.2) is 67.9 Å². The predicted molar refractivity (Wildman–Crippen MR) is 104 cm³/mol. The van der Waals surface area contributed by atoms with Gasteiger partial charge in [0.25, 0.3) is 0 Å². The van der Waals surface area contributed by atoms with Crippen molar-refractivity contribution in [2.45, 2.75) is 25.8 Å². The minimum atomic E-state index is -0.220. The molecule has 2 fully saturated rings. The van der Waals surface area contributed by atoms with Crippen molar-refractivity contribution in [3.05, 3.63) is 24.2 Å². The number of carbonyl (C=O) groups excluding carboxylic acids is 1. The van der Waals surface area contributed by atoms with Gasteiger partial charge in [-0.1, -0.05) is 11.8 Å². The topological polar surface area (TPSA) is 87.4 Å². The van der Waals surface area contributed by atoms with E-state index < -0.39 is 0 Å². The van der Waals surface area contributed by atoms with Crippen LogP contribution in [0.5, 0.6) is 0 Å². The lowest BCUT2D eigenvalue weighted by atomic mass is 10.1. The fourth-order valence-corrected chi connectivity index (χ4v) is 3.55. The van der Waals surface area contributed by atoms with Crippen LogP contribution >= 0.6 is 0 Å². The average molecular weight is 380 g/mol. The van der Waals surface area contributed by atoms with Gasteiger partial charge in [0, 0.05) is 56.6 Å². The van der Waals surface area contributed by atoms with Gasteiger partial charge in [-0.15, -0.1) is 0 Å². The zero-order valence-electron chi connectivity index (χ0n) is 16.2. The molecule has 1 saturated heterocycles. The Morgan fingerprint density at radius 1 is 1.32 bits per heavy atom. The van der Waals surface area contributed by atoms with E-state index in [1.165, 1.54) is 0 Å². The normalized spacial score (nSPS) is 19.3. The summed E-state index contributed by atoms with van der Waals surface area (Å²) in [7, 11) is 1.85. The Labute approximate surface area is 164 Å². The summed E-state index contributed by atoms with van der Waals surface area (Å²) in [6.45, 7) is 3.95. The number of carbonyl (C=O) groups is 1. The minimum absolute atomic E-state index is 0.126. The molecule has 1 N–H and O–H groups in total. The summed E-state index contributed by atoms with van der Waals surface area (Å²) < 4.78 is 1.71. The Bertz CT molecular complexity index is 940. The molecule has 0 unspecified atom stereocenters. The molecule has 1 saturated carbocycles. The molecule has 1 aliphatic carbocycles. The number of aromatic nitrogens is 4. The highest BCUT2D eigenvalue weighted by atomic mass is 16.2. The second-order valence-electron chi connectivity index (χ2n) is 7.40. The molecule has 8 heteroatoms. The Hall–Kier alpha value is -2.92. The number of hydrogen-bond donors (Lipinski definition) is 1. The fraction of sp³-hybridized carbons (Fsp3) is 0.500. The van der Waals surface area contributed by atoms with Gasteiger partial charge in [-0.25, -0.2) is 9.97 Å². The van der Waals surface area contributed by atoms with Gasteiger partial charge in [-0.05, 0) is 19.8 Å². The van der Waals surface area contributed by atoms with Crippen molar-refractivity contribution >= 4 is 11.9 Å². The maximum atomic E-state index is 12.4. The maximum absolute atomic E-state index is 12.4. The highest BCUT2D eigenvalue weighted by Crippen LogP contribution is 2.32. The molecule has 0 bridgehead atoms. The molecule has 0 aromatic carbocycles. The number of rotatable bonds is 3. The average Bonchev–Trinajstić information content (AvgIpc) is 3.46. The minimum Gasteiger partial charge on any atom is -0.384 e. The van der Waals surface area contributed by atoms with Crippen molar-refractivity contribution in [1.29, 1.82) is 0 Å². The summed E-state index contributed by atoms with van der Waals surface area (Å²) in [6.07, 6.45) is 7.37. The third kappa shape index (κ3) is 3.71. The molecule has 1 atom stereocenters. The number of hydrogen-bond acceptors (Lipinski definition) is 6. The van der Waals surface area contributed by atoms with Crippen molar-refractivity contribution in [3.63, 3.8) is 0 Å². The summed E-state index contributed by atoms with van der Waals surface area (Å²) in [5, 5.41) is 13.2. The Balaban J connectivity index is 1.59. The highest BCUT2D eigenvalue weighted by molar-refractivity contribution is 5.81. The van der Waals surface area contributed by atoms with Crippen molar-refractivity contribution in [2.75, 3.05) is 31.1 Å². The molecule has 1 aliphatic heterocycles. The molecule has 28 heavy (non-hydrogen) atoms. The molecular formula is C20H24N6O2. The molecule has 3 heterocycles. The number of amides is 1. The molecule has 2 aliphatic rings. The second-order valence-corrected chi connectivity index (χ2v) is 7.40. The van der Waals surface area contributed by atoms with Gasteiger partial charge in [0.1, 0.15) is 6.61 Å². The number of aliphatic hydroxyl groups is 1. The number of aliphatic hydroxyl groups excluding tert-OH is 1. The van der Waals surface area contributed by atoms with Crippen LogP contribution in [0.1, 0.15) is 25.3 Å². The third-order valence-corrected chi connectivity index (χ3v) is 5.18. The standard InChI is InChI=1S/C20H24N6O2/c1-14-12-25(7-8-26(14)19(28)15-5-6-15)20-21-10-16(4-3-9-27)18(23-20)17-11-22-24(2)13-17/h10-11,13-15,27H,5-9,12H2,1-2H3/t14-/m1/s1. The zero-order chi connectivity index (χ0) is 19.7. The molecule has 0 radical (unpaired) electrons. The molecule has 4 rings (SSSR count). The van der Waals surface area contributed by atoms with Crippen LogP contribution in [0, 0.1) is 17.8 Å². The lowest BCUT2D eigenvalue weighted by Gasteiger charge is -2.40. The van der Waals surface area contributed by atoms with E-state index in [-0.39, 0.29) is 18.6 Å². The van der Waals surface area contributed by atoms with E-state index in [2.05, 4.69) is 33.7 Å². The van der Waals surface area contributed by atoms with Gasteiger partial charge in [0.05, 0.1) is 17.5 Å². The largest absolute Gasteiger partial charge is 0.384 e. The lowest BCUT2D eigenvalue weighted by Crippen LogP contribution is -2.55. The first kappa shape index (κ1) is 18.4. The van der Waals surface area contributed by atoms with Crippen LogP contribution < -0.4 is 4.90 Å².